The summed E-state index contributed by atoms with van der Waals surface area (Å²) in [4.78, 5) is 0. The maximum absolute atomic E-state index is 5.49. The molecular formula is C8H20Cl2N2OS. The second kappa shape index (κ2) is 13.4. The molecule has 1 atom stereocenters. The number of nitrogens with two attached hydrogens (primary N) is 2. The van der Waals surface area contributed by atoms with Crippen LogP contribution in [0.15, 0.2) is 0 Å². The highest BCUT2D eigenvalue weighted by atomic mass is 35.5. The first kappa shape index (κ1) is 19.9. The van der Waals surface area contributed by atoms with E-state index in [2.05, 4.69) is 0 Å². The molecule has 6 heteroatoms. The number of hydrogen-bond acceptors (Lipinski definition) is 4. The molecule has 0 heterocycles. The molecular weight excluding hydrogens is 243 g/mol. The maximum atomic E-state index is 5.49. The van der Waals surface area contributed by atoms with E-state index in [4.69, 9.17) is 28.4 Å². The molecule has 0 aliphatic heterocycles. The fourth-order valence-electron chi connectivity index (χ4n) is 0.727. The quantitative estimate of drug-likeness (QED) is 0.565. The lowest BCUT2D eigenvalue weighted by Crippen LogP contribution is -2.27. The molecule has 0 radical (unpaired) electrons. The highest BCUT2D eigenvalue weighted by Crippen LogP contribution is 1.96. The molecule has 0 fully saturated rings. The maximum Gasteiger partial charge on any atom is 0.176 e. The van der Waals surface area contributed by atoms with Crippen molar-refractivity contribution in [3.05, 3.63) is 0 Å². The molecule has 0 amide bonds. The Morgan fingerprint density at radius 3 is 2.29 bits per heavy atom. The van der Waals surface area contributed by atoms with Crippen LogP contribution in [0, 0.1) is 0 Å². The van der Waals surface area contributed by atoms with E-state index in [1.54, 1.807) is 0 Å². The standard InChI is InChI=1S/C8H18N2OS.2ClH/c1-7(10)8(12)11-6-4-2-3-5-9;;/h7H,2-6,9-10H2,1H3;2*1H/t7-;;/m0../s1. The molecule has 3 nitrogen and oxygen atoms in total. The monoisotopic (exact) mass is 262 g/mol. The van der Waals surface area contributed by atoms with Crippen LogP contribution in [0.25, 0.3) is 0 Å². The van der Waals surface area contributed by atoms with E-state index in [0.717, 1.165) is 25.8 Å². The van der Waals surface area contributed by atoms with Crippen molar-refractivity contribution < 1.29 is 4.74 Å². The van der Waals surface area contributed by atoms with Crippen LogP contribution < -0.4 is 11.5 Å². The van der Waals surface area contributed by atoms with Crippen molar-refractivity contribution in [2.45, 2.75) is 32.2 Å². The van der Waals surface area contributed by atoms with Crippen molar-refractivity contribution >= 4 is 42.1 Å². The van der Waals surface area contributed by atoms with Gasteiger partial charge in [0, 0.05) is 0 Å². The fourth-order valence-corrected chi connectivity index (χ4v) is 0.811. The van der Waals surface area contributed by atoms with E-state index in [1.807, 2.05) is 6.92 Å². The smallest absolute Gasteiger partial charge is 0.176 e. The Balaban J connectivity index is -0.000000605. The van der Waals surface area contributed by atoms with Gasteiger partial charge < -0.3 is 16.2 Å². The van der Waals surface area contributed by atoms with Crippen LogP contribution in [0.3, 0.4) is 0 Å². The van der Waals surface area contributed by atoms with Crippen LogP contribution in [0.5, 0.6) is 0 Å². The molecule has 0 aromatic rings. The molecule has 14 heavy (non-hydrogen) atoms. The van der Waals surface area contributed by atoms with Gasteiger partial charge in [0.15, 0.2) is 5.05 Å². The van der Waals surface area contributed by atoms with E-state index in [-0.39, 0.29) is 30.9 Å². The van der Waals surface area contributed by atoms with Gasteiger partial charge in [0.1, 0.15) is 0 Å². The van der Waals surface area contributed by atoms with Gasteiger partial charge in [0.2, 0.25) is 0 Å². The molecule has 0 unspecified atom stereocenters. The average molecular weight is 263 g/mol. The predicted octanol–water partition coefficient (Wildman–Crippen LogP) is 1.65. The van der Waals surface area contributed by atoms with Gasteiger partial charge >= 0.3 is 0 Å². The number of ether oxygens (including phenoxy) is 1. The van der Waals surface area contributed by atoms with Crippen molar-refractivity contribution in [2.75, 3.05) is 13.2 Å². The molecule has 0 bridgehead atoms. The summed E-state index contributed by atoms with van der Waals surface area (Å²) in [6.45, 7) is 3.24. The first-order chi connectivity index (χ1) is 5.68. The second-order valence-electron chi connectivity index (χ2n) is 2.81. The van der Waals surface area contributed by atoms with Gasteiger partial charge in [-0.05, 0) is 44.9 Å². The molecule has 0 rings (SSSR count). The predicted molar refractivity (Wildman–Crippen MR) is 69.6 cm³/mol. The van der Waals surface area contributed by atoms with Crippen LogP contribution in [0.2, 0.25) is 0 Å². The Kier molecular flexibility index (Phi) is 19.0. The summed E-state index contributed by atoms with van der Waals surface area (Å²) in [5, 5.41) is 0.503. The Bertz CT molecular complexity index is 137. The Hall–Kier alpha value is 0.390. The van der Waals surface area contributed by atoms with Gasteiger partial charge in [-0.2, -0.15) is 0 Å². The summed E-state index contributed by atoms with van der Waals surface area (Å²) in [7, 11) is 0. The van der Waals surface area contributed by atoms with Crippen molar-refractivity contribution in [3.8, 4) is 0 Å². The lowest BCUT2D eigenvalue weighted by Gasteiger charge is -2.09. The molecule has 0 saturated carbocycles. The van der Waals surface area contributed by atoms with Gasteiger partial charge in [-0.25, -0.2) is 0 Å². The lowest BCUT2D eigenvalue weighted by molar-refractivity contribution is 0.290. The van der Waals surface area contributed by atoms with E-state index in [9.17, 15) is 0 Å². The lowest BCUT2D eigenvalue weighted by atomic mass is 10.2. The van der Waals surface area contributed by atoms with Crippen LogP contribution in [-0.4, -0.2) is 24.2 Å². The van der Waals surface area contributed by atoms with Gasteiger partial charge in [0.25, 0.3) is 0 Å². The zero-order valence-corrected chi connectivity index (χ0v) is 10.9. The topological polar surface area (TPSA) is 61.3 Å². The number of hydrogen-bond donors (Lipinski definition) is 2. The number of halogens is 2. The summed E-state index contributed by atoms with van der Waals surface area (Å²) in [6, 6.07) is -0.144. The minimum atomic E-state index is -0.144. The Morgan fingerprint density at radius 1 is 1.29 bits per heavy atom. The molecule has 0 aliphatic carbocycles. The largest absolute Gasteiger partial charge is 0.485 e. The minimum Gasteiger partial charge on any atom is -0.485 e. The van der Waals surface area contributed by atoms with Crippen LogP contribution in [0.1, 0.15) is 26.2 Å². The van der Waals surface area contributed by atoms with Crippen molar-refractivity contribution in [3.63, 3.8) is 0 Å². The Morgan fingerprint density at radius 2 is 1.86 bits per heavy atom. The summed E-state index contributed by atoms with van der Waals surface area (Å²) in [6.07, 6.45) is 3.15. The third-order valence-corrected chi connectivity index (χ3v) is 1.95. The van der Waals surface area contributed by atoms with Crippen molar-refractivity contribution in [1.82, 2.24) is 0 Å². The summed E-state index contributed by atoms with van der Waals surface area (Å²) >= 11 is 4.88. The van der Waals surface area contributed by atoms with E-state index in [0.29, 0.717) is 11.7 Å². The van der Waals surface area contributed by atoms with Crippen LogP contribution in [0.4, 0.5) is 0 Å². The average Bonchev–Trinajstić information content (AvgIpc) is 2.03. The summed E-state index contributed by atoms with van der Waals surface area (Å²) in [5.41, 5.74) is 10.8. The zero-order valence-electron chi connectivity index (χ0n) is 8.40. The third-order valence-electron chi connectivity index (χ3n) is 1.46. The van der Waals surface area contributed by atoms with E-state index < -0.39 is 0 Å². The SMILES string of the molecule is C[C@H](N)C(=S)OCCCCCN.Cl.Cl. The molecule has 0 aliphatic rings. The zero-order chi connectivity index (χ0) is 9.40. The number of unbranched alkanes of at least 4 members (excludes halogenated alkanes) is 2. The Labute approximate surface area is 104 Å². The third kappa shape index (κ3) is 12.4. The summed E-state index contributed by atoms with van der Waals surface area (Å²) in [5.74, 6) is 0. The van der Waals surface area contributed by atoms with Crippen molar-refractivity contribution in [2.24, 2.45) is 11.5 Å². The second-order valence-corrected chi connectivity index (χ2v) is 3.21. The first-order valence-electron chi connectivity index (χ1n) is 4.30. The molecule has 0 aromatic heterocycles. The fraction of sp³-hybridized carbons (Fsp3) is 0.875. The van der Waals surface area contributed by atoms with E-state index >= 15 is 0 Å². The first-order valence-corrected chi connectivity index (χ1v) is 4.71. The summed E-state index contributed by atoms with van der Waals surface area (Å²) < 4.78 is 5.22. The normalized spacial score (nSPS) is 10.8. The van der Waals surface area contributed by atoms with Crippen LogP contribution >= 0.6 is 37.0 Å². The van der Waals surface area contributed by atoms with Crippen LogP contribution in [-0.2, 0) is 4.74 Å². The highest BCUT2D eigenvalue weighted by molar-refractivity contribution is 7.80. The molecule has 4 N–H and O–H groups in total. The molecule has 0 saturated heterocycles. The van der Waals surface area contributed by atoms with Gasteiger partial charge in [-0.3, -0.25) is 0 Å². The van der Waals surface area contributed by atoms with Crippen molar-refractivity contribution in [1.29, 1.82) is 0 Å². The van der Waals surface area contributed by atoms with Gasteiger partial charge in [-0.1, -0.05) is 0 Å². The van der Waals surface area contributed by atoms with E-state index in [1.165, 1.54) is 0 Å². The minimum absolute atomic E-state index is 0. The number of thiocarbonyl (C=S) groups is 1. The van der Waals surface area contributed by atoms with Gasteiger partial charge in [-0.15, -0.1) is 24.8 Å². The number of rotatable bonds is 6. The molecule has 0 spiro atoms. The molecule has 0 aromatic carbocycles. The molecule has 88 valence electrons. The van der Waals surface area contributed by atoms with Gasteiger partial charge in [0.05, 0.1) is 12.6 Å². The highest BCUT2D eigenvalue weighted by Gasteiger charge is 2.02.